The minimum absolute atomic E-state index is 0.203. The molecule has 33 heavy (non-hydrogen) atoms. The summed E-state index contributed by atoms with van der Waals surface area (Å²) in [7, 11) is 1.27. The molecule has 0 spiro atoms. The van der Waals surface area contributed by atoms with Crippen LogP contribution in [-0.2, 0) is 11.2 Å². The molecule has 5 rings (SSSR count). The van der Waals surface area contributed by atoms with E-state index in [-0.39, 0.29) is 17.3 Å². The number of carbonyl (C=O) groups is 1. The maximum Gasteiger partial charge on any atom is 0.413 e. The molecular weight excluding hydrogens is 425 g/mol. The number of benzene rings is 2. The number of ether oxygens (including phenoxy) is 1. The standard InChI is InChI=1S/C24H20FN5O3/c1-33-24(32)28-23-26-19-9-7-14(12-21(19)27-23)15-8-6-13(10-18(15)25)11-20-16-4-2-3-5-17(16)22(31)30-29-20/h4-10,12H,2-3,11H2,1H3,(H,30,31)(H2,26,27,28,32). The highest BCUT2D eigenvalue weighted by Gasteiger charge is 2.12. The number of aromatic amines is 2. The first-order valence-corrected chi connectivity index (χ1v) is 10.4. The van der Waals surface area contributed by atoms with Crippen LogP contribution in [0, 0.1) is 5.82 Å². The van der Waals surface area contributed by atoms with Crippen molar-refractivity contribution in [2.75, 3.05) is 12.4 Å². The van der Waals surface area contributed by atoms with E-state index < -0.39 is 6.09 Å². The number of carbonyl (C=O) groups excluding carboxylic acids is 1. The van der Waals surface area contributed by atoms with E-state index in [0.717, 1.165) is 29.3 Å². The summed E-state index contributed by atoms with van der Waals surface area (Å²) in [6, 6.07) is 10.4. The van der Waals surface area contributed by atoms with Gasteiger partial charge in [0, 0.05) is 22.4 Å². The number of rotatable bonds is 4. The van der Waals surface area contributed by atoms with Gasteiger partial charge in [-0.1, -0.05) is 30.4 Å². The fourth-order valence-electron chi connectivity index (χ4n) is 4.02. The van der Waals surface area contributed by atoms with Crippen molar-refractivity contribution in [3.05, 3.63) is 74.3 Å². The second-order valence-electron chi connectivity index (χ2n) is 7.74. The average molecular weight is 445 g/mol. The van der Waals surface area contributed by atoms with Gasteiger partial charge in [0.2, 0.25) is 5.95 Å². The molecule has 0 radical (unpaired) electrons. The Kier molecular flexibility index (Phi) is 5.21. The molecule has 4 aromatic rings. The topological polar surface area (TPSA) is 113 Å². The highest BCUT2D eigenvalue weighted by atomic mass is 19.1. The summed E-state index contributed by atoms with van der Waals surface area (Å²) in [5.41, 5.74) is 3.66. The quantitative estimate of drug-likeness (QED) is 0.447. The van der Waals surface area contributed by atoms with E-state index >= 15 is 4.39 Å². The monoisotopic (exact) mass is 445 g/mol. The summed E-state index contributed by atoms with van der Waals surface area (Å²) in [5, 5.41) is 10.7. The second kappa shape index (κ2) is 8.34. The number of imidazole rings is 1. The Balaban J connectivity index is 1.45. The summed E-state index contributed by atoms with van der Waals surface area (Å²) in [6.45, 7) is 0. The van der Waals surface area contributed by atoms with Gasteiger partial charge < -0.3 is 9.72 Å². The number of hydrogen-bond acceptors (Lipinski definition) is 5. The number of hydrogen-bond donors (Lipinski definition) is 3. The molecule has 0 atom stereocenters. The molecule has 166 valence electrons. The van der Waals surface area contributed by atoms with Crippen LogP contribution in [0.4, 0.5) is 15.1 Å². The Morgan fingerprint density at radius 2 is 1.97 bits per heavy atom. The van der Waals surface area contributed by atoms with Crippen molar-refractivity contribution in [2.24, 2.45) is 0 Å². The van der Waals surface area contributed by atoms with Gasteiger partial charge in [-0.05, 0) is 42.2 Å². The van der Waals surface area contributed by atoms with E-state index in [1.807, 2.05) is 18.2 Å². The zero-order chi connectivity index (χ0) is 22.9. The summed E-state index contributed by atoms with van der Waals surface area (Å²) in [5.74, 6) is -0.122. The SMILES string of the molecule is COC(=O)Nc1nc2ccc(-c3ccc(Cc4n[nH]c(=O)c5c4=CCCC=5)cc3F)cc2[nH]1. The van der Waals surface area contributed by atoms with Crippen molar-refractivity contribution < 1.29 is 13.9 Å². The summed E-state index contributed by atoms with van der Waals surface area (Å²) in [4.78, 5) is 30.6. The first-order valence-electron chi connectivity index (χ1n) is 10.4. The highest BCUT2D eigenvalue weighted by Crippen LogP contribution is 2.27. The van der Waals surface area contributed by atoms with Gasteiger partial charge in [0.25, 0.3) is 5.56 Å². The Hall–Kier alpha value is -4.27. The van der Waals surface area contributed by atoms with E-state index in [4.69, 9.17) is 0 Å². The van der Waals surface area contributed by atoms with Crippen LogP contribution >= 0.6 is 0 Å². The molecule has 9 heteroatoms. The number of amides is 1. The van der Waals surface area contributed by atoms with Gasteiger partial charge in [0.05, 0.1) is 23.8 Å². The van der Waals surface area contributed by atoms with Crippen molar-refractivity contribution in [1.29, 1.82) is 0 Å². The van der Waals surface area contributed by atoms with Crippen molar-refractivity contribution in [2.45, 2.75) is 19.3 Å². The minimum atomic E-state index is -0.635. The lowest BCUT2D eigenvalue weighted by molar-refractivity contribution is 0.186. The fraction of sp³-hybridized carbons (Fsp3) is 0.167. The zero-order valence-electron chi connectivity index (χ0n) is 17.7. The lowest BCUT2D eigenvalue weighted by Crippen LogP contribution is -2.45. The number of methoxy groups -OCH3 is 1. The van der Waals surface area contributed by atoms with E-state index in [0.29, 0.717) is 33.8 Å². The Labute approximate surface area is 186 Å². The Morgan fingerprint density at radius 3 is 2.76 bits per heavy atom. The molecular formula is C24H20FN5O3. The zero-order valence-corrected chi connectivity index (χ0v) is 17.7. The van der Waals surface area contributed by atoms with Crippen LogP contribution in [0.5, 0.6) is 0 Å². The molecule has 2 heterocycles. The summed E-state index contributed by atoms with van der Waals surface area (Å²) < 4.78 is 19.6. The van der Waals surface area contributed by atoms with Crippen molar-refractivity contribution in [3.8, 4) is 11.1 Å². The van der Waals surface area contributed by atoms with Gasteiger partial charge in [0.1, 0.15) is 5.82 Å². The van der Waals surface area contributed by atoms with Gasteiger partial charge in [-0.3, -0.25) is 10.1 Å². The predicted octanol–water partition coefficient (Wildman–Crippen LogP) is 2.58. The number of aromatic nitrogens is 4. The van der Waals surface area contributed by atoms with E-state index in [2.05, 4.69) is 30.2 Å². The molecule has 0 saturated carbocycles. The van der Waals surface area contributed by atoms with Gasteiger partial charge in [-0.2, -0.15) is 5.10 Å². The van der Waals surface area contributed by atoms with E-state index in [9.17, 15) is 9.59 Å². The predicted molar refractivity (Wildman–Crippen MR) is 123 cm³/mol. The molecule has 1 aliphatic rings. The van der Waals surface area contributed by atoms with Crippen LogP contribution in [-0.4, -0.2) is 33.4 Å². The molecule has 0 fully saturated rings. The Morgan fingerprint density at radius 1 is 1.15 bits per heavy atom. The molecule has 0 unspecified atom stereocenters. The minimum Gasteiger partial charge on any atom is -0.453 e. The third kappa shape index (κ3) is 4.00. The molecule has 8 nitrogen and oxygen atoms in total. The molecule has 1 aliphatic carbocycles. The highest BCUT2D eigenvalue weighted by molar-refractivity contribution is 5.88. The van der Waals surface area contributed by atoms with Crippen LogP contribution in [0.15, 0.2) is 41.2 Å². The van der Waals surface area contributed by atoms with Crippen molar-refractivity contribution in [1.82, 2.24) is 20.2 Å². The number of anilines is 1. The maximum absolute atomic E-state index is 15.1. The largest absolute Gasteiger partial charge is 0.453 e. The Bertz CT molecular complexity index is 1570. The third-order valence-electron chi connectivity index (χ3n) is 5.61. The number of nitrogens with one attached hydrogen (secondary N) is 3. The van der Waals surface area contributed by atoms with Crippen LogP contribution in [0.2, 0.25) is 0 Å². The smallest absolute Gasteiger partial charge is 0.413 e. The molecule has 2 aromatic carbocycles. The number of halogens is 1. The van der Waals surface area contributed by atoms with Crippen LogP contribution in [0.3, 0.4) is 0 Å². The van der Waals surface area contributed by atoms with Gasteiger partial charge in [-0.15, -0.1) is 0 Å². The number of nitrogens with zero attached hydrogens (tertiary/aromatic N) is 2. The lowest BCUT2D eigenvalue weighted by Gasteiger charge is -2.08. The molecule has 3 N–H and O–H groups in total. The normalized spacial score (nSPS) is 12.5. The second-order valence-corrected chi connectivity index (χ2v) is 7.74. The molecule has 1 amide bonds. The first-order chi connectivity index (χ1) is 16.0. The summed E-state index contributed by atoms with van der Waals surface area (Å²) in [6.07, 6.45) is 5.38. The molecule has 0 saturated heterocycles. The average Bonchev–Trinajstić information content (AvgIpc) is 3.22. The van der Waals surface area contributed by atoms with Crippen LogP contribution in [0.25, 0.3) is 34.3 Å². The van der Waals surface area contributed by atoms with Gasteiger partial charge in [-0.25, -0.2) is 19.3 Å². The van der Waals surface area contributed by atoms with E-state index in [1.54, 1.807) is 24.3 Å². The van der Waals surface area contributed by atoms with Crippen molar-refractivity contribution in [3.63, 3.8) is 0 Å². The number of H-pyrrole nitrogens is 2. The van der Waals surface area contributed by atoms with Crippen molar-refractivity contribution >= 4 is 35.2 Å². The van der Waals surface area contributed by atoms with Crippen LogP contribution in [0.1, 0.15) is 24.1 Å². The summed E-state index contributed by atoms with van der Waals surface area (Å²) >= 11 is 0. The fourth-order valence-corrected chi connectivity index (χ4v) is 4.02. The third-order valence-corrected chi connectivity index (χ3v) is 5.61. The maximum atomic E-state index is 15.1. The molecule has 0 bridgehead atoms. The molecule has 0 aliphatic heterocycles. The van der Waals surface area contributed by atoms with Gasteiger partial charge >= 0.3 is 6.09 Å². The van der Waals surface area contributed by atoms with E-state index in [1.165, 1.54) is 13.2 Å². The van der Waals surface area contributed by atoms with Gasteiger partial charge in [0.15, 0.2) is 0 Å². The van der Waals surface area contributed by atoms with Crippen LogP contribution < -0.4 is 21.3 Å². The first kappa shape index (κ1) is 20.6. The molecule has 2 aromatic heterocycles. The lowest BCUT2D eigenvalue weighted by atomic mass is 9.99. The number of fused-ring (bicyclic) bond motifs is 2.